The summed E-state index contributed by atoms with van der Waals surface area (Å²) in [5.41, 5.74) is 1.79. The maximum atomic E-state index is 6.40. The van der Waals surface area contributed by atoms with Gasteiger partial charge >= 0.3 is 0 Å². The first-order valence-corrected chi connectivity index (χ1v) is 9.26. The molecule has 21 heavy (non-hydrogen) atoms. The van der Waals surface area contributed by atoms with Gasteiger partial charge in [-0.3, -0.25) is 0 Å². The summed E-state index contributed by atoms with van der Waals surface area (Å²) < 4.78 is 1.05. The van der Waals surface area contributed by atoms with E-state index >= 15 is 0 Å². The Morgan fingerprint density at radius 3 is 2.57 bits per heavy atom. The molecule has 0 spiro atoms. The summed E-state index contributed by atoms with van der Waals surface area (Å²) in [5, 5.41) is 4.58. The Morgan fingerprint density at radius 1 is 1.33 bits per heavy atom. The van der Waals surface area contributed by atoms with E-state index in [0.29, 0.717) is 11.5 Å². The van der Waals surface area contributed by atoms with Crippen molar-refractivity contribution in [2.75, 3.05) is 6.54 Å². The van der Waals surface area contributed by atoms with Crippen LogP contribution in [0.25, 0.3) is 0 Å². The lowest BCUT2D eigenvalue weighted by Gasteiger charge is -2.38. The maximum Gasteiger partial charge on any atom is 0.0449 e. The highest BCUT2D eigenvalue weighted by Gasteiger charge is 2.31. The zero-order chi connectivity index (χ0) is 15.5. The van der Waals surface area contributed by atoms with Crippen LogP contribution in [0, 0.1) is 11.3 Å². The molecule has 1 aliphatic carbocycles. The Labute approximate surface area is 143 Å². The van der Waals surface area contributed by atoms with Crippen LogP contribution < -0.4 is 5.32 Å². The van der Waals surface area contributed by atoms with Crippen LogP contribution in [0.1, 0.15) is 52.0 Å². The summed E-state index contributed by atoms with van der Waals surface area (Å²) in [6.45, 7) is 8.02. The summed E-state index contributed by atoms with van der Waals surface area (Å²) in [6.07, 6.45) is 6.38. The van der Waals surface area contributed by atoms with Gasteiger partial charge in [-0.25, -0.2) is 0 Å². The molecule has 1 N–H and O–H groups in total. The molecule has 3 heteroatoms. The molecule has 1 aromatic rings. The normalized spacial score (nSPS) is 20.4. The second-order valence-corrected chi connectivity index (χ2v) is 8.43. The van der Waals surface area contributed by atoms with Crippen molar-refractivity contribution in [3.05, 3.63) is 33.3 Å². The summed E-state index contributed by atoms with van der Waals surface area (Å²) >= 11 is 9.88. The van der Waals surface area contributed by atoms with Crippen molar-refractivity contribution >= 4 is 27.5 Å². The van der Waals surface area contributed by atoms with Crippen LogP contribution in [0.2, 0.25) is 5.02 Å². The Bertz CT molecular complexity index is 462. The van der Waals surface area contributed by atoms with Crippen molar-refractivity contribution in [2.24, 2.45) is 11.3 Å². The summed E-state index contributed by atoms with van der Waals surface area (Å²) in [4.78, 5) is 0. The van der Waals surface area contributed by atoms with Gasteiger partial charge in [0.25, 0.3) is 0 Å². The zero-order valence-electron chi connectivity index (χ0n) is 13.4. The first-order valence-electron chi connectivity index (χ1n) is 8.08. The van der Waals surface area contributed by atoms with E-state index in [0.717, 1.165) is 28.4 Å². The van der Waals surface area contributed by atoms with Crippen LogP contribution in [0.5, 0.6) is 0 Å². The monoisotopic (exact) mass is 371 g/mol. The van der Waals surface area contributed by atoms with Gasteiger partial charge in [-0.1, -0.05) is 54.4 Å². The van der Waals surface area contributed by atoms with Gasteiger partial charge in [0.1, 0.15) is 0 Å². The molecule has 0 bridgehead atoms. The topological polar surface area (TPSA) is 12.0 Å². The maximum absolute atomic E-state index is 6.40. The molecule has 0 aromatic heterocycles. The van der Waals surface area contributed by atoms with E-state index in [-0.39, 0.29) is 0 Å². The van der Waals surface area contributed by atoms with Gasteiger partial charge in [-0.15, -0.1) is 0 Å². The van der Waals surface area contributed by atoms with Crippen LogP contribution in [-0.4, -0.2) is 12.6 Å². The van der Waals surface area contributed by atoms with E-state index in [2.05, 4.69) is 54.2 Å². The van der Waals surface area contributed by atoms with Crippen molar-refractivity contribution in [1.82, 2.24) is 5.32 Å². The zero-order valence-corrected chi connectivity index (χ0v) is 15.7. The van der Waals surface area contributed by atoms with E-state index < -0.39 is 0 Å². The molecule has 0 heterocycles. The molecule has 1 atom stereocenters. The molecule has 0 aliphatic heterocycles. The van der Waals surface area contributed by atoms with Crippen LogP contribution in [0.4, 0.5) is 0 Å². The predicted molar refractivity (Wildman–Crippen MR) is 96.1 cm³/mol. The van der Waals surface area contributed by atoms with Crippen LogP contribution >= 0.6 is 27.5 Å². The fourth-order valence-electron chi connectivity index (χ4n) is 3.42. The second-order valence-electron chi connectivity index (χ2n) is 7.11. The van der Waals surface area contributed by atoms with Crippen molar-refractivity contribution in [2.45, 2.75) is 58.9 Å². The molecule has 1 unspecified atom stereocenters. The highest BCUT2D eigenvalue weighted by molar-refractivity contribution is 9.10. The SMILES string of the molecule is CCNC(Cc1ccc(Br)cc1Cl)C1CCC(C)(C)CC1. The van der Waals surface area contributed by atoms with Crippen LogP contribution in [0.15, 0.2) is 22.7 Å². The molecule has 1 fully saturated rings. The molecule has 1 nitrogen and oxygen atoms in total. The van der Waals surface area contributed by atoms with E-state index in [9.17, 15) is 0 Å². The Morgan fingerprint density at radius 2 is 2.00 bits per heavy atom. The molecule has 118 valence electrons. The minimum absolute atomic E-state index is 0.530. The first-order chi connectivity index (χ1) is 9.91. The fourth-order valence-corrected chi connectivity index (χ4v) is 4.17. The Kier molecular flexibility index (Phi) is 6.16. The smallest absolute Gasteiger partial charge is 0.0449 e. The minimum atomic E-state index is 0.530. The molecule has 0 amide bonds. The lowest BCUT2D eigenvalue weighted by molar-refractivity contribution is 0.161. The van der Waals surface area contributed by atoms with Crippen molar-refractivity contribution in [3.63, 3.8) is 0 Å². The summed E-state index contributed by atoms with van der Waals surface area (Å²) in [6, 6.07) is 6.80. The van der Waals surface area contributed by atoms with Crippen molar-refractivity contribution < 1.29 is 0 Å². The van der Waals surface area contributed by atoms with Gasteiger partial charge in [0.05, 0.1) is 0 Å². The van der Waals surface area contributed by atoms with Gasteiger partial charge < -0.3 is 5.32 Å². The average molecular weight is 373 g/mol. The van der Waals surface area contributed by atoms with Gasteiger partial charge in [0.2, 0.25) is 0 Å². The van der Waals surface area contributed by atoms with E-state index in [4.69, 9.17) is 11.6 Å². The standard InChI is InChI=1S/C18H27BrClN/c1-4-21-17(13-7-9-18(2,3)10-8-13)11-14-5-6-15(19)12-16(14)20/h5-6,12-13,17,21H,4,7-11H2,1-3H3. The van der Waals surface area contributed by atoms with Gasteiger partial charge in [0.15, 0.2) is 0 Å². The van der Waals surface area contributed by atoms with E-state index in [1.165, 1.54) is 31.2 Å². The summed E-state index contributed by atoms with van der Waals surface area (Å²) in [7, 11) is 0. The molecule has 1 aromatic carbocycles. The molecule has 2 rings (SSSR count). The summed E-state index contributed by atoms with van der Waals surface area (Å²) in [5.74, 6) is 0.776. The number of rotatable bonds is 5. The third-order valence-electron chi connectivity index (χ3n) is 4.87. The second kappa shape index (κ2) is 7.48. The molecular weight excluding hydrogens is 346 g/mol. The highest BCUT2D eigenvalue weighted by atomic mass is 79.9. The van der Waals surface area contributed by atoms with E-state index in [1.54, 1.807) is 0 Å². The third kappa shape index (κ3) is 4.97. The van der Waals surface area contributed by atoms with Crippen molar-refractivity contribution in [1.29, 1.82) is 0 Å². The quantitative estimate of drug-likeness (QED) is 0.684. The number of likely N-dealkylation sites (N-methyl/N-ethyl adjacent to an activating group) is 1. The number of hydrogen-bond donors (Lipinski definition) is 1. The first kappa shape index (κ1) is 17.3. The average Bonchev–Trinajstić information content (AvgIpc) is 2.41. The molecule has 1 saturated carbocycles. The van der Waals surface area contributed by atoms with E-state index in [1.807, 2.05) is 6.07 Å². The fraction of sp³-hybridized carbons (Fsp3) is 0.667. The van der Waals surface area contributed by atoms with Crippen LogP contribution in [-0.2, 0) is 6.42 Å². The van der Waals surface area contributed by atoms with Crippen LogP contribution in [0.3, 0.4) is 0 Å². The number of halogens is 2. The molecule has 0 saturated heterocycles. The number of hydrogen-bond acceptors (Lipinski definition) is 1. The molecular formula is C18H27BrClN. The third-order valence-corrected chi connectivity index (χ3v) is 5.72. The predicted octanol–water partition coefficient (Wildman–Crippen LogP) is 5.84. The minimum Gasteiger partial charge on any atom is -0.314 e. The lowest BCUT2D eigenvalue weighted by atomic mass is 9.70. The highest BCUT2D eigenvalue weighted by Crippen LogP contribution is 2.40. The Balaban J connectivity index is 2.05. The van der Waals surface area contributed by atoms with Gasteiger partial charge in [-0.05, 0) is 67.7 Å². The van der Waals surface area contributed by atoms with Gasteiger partial charge in [0, 0.05) is 15.5 Å². The molecule has 1 aliphatic rings. The number of nitrogens with one attached hydrogen (secondary N) is 1. The Hall–Kier alpha value is -0.0500. The largest absolute Gasteiger partial charge is 0.314 e. The number of benzene rings is 1. The van der Waals surface area contributed by atoms with Crippen molar-refractivity contribution in [3.8, 4) is 0 Å². The van der Waals surface area contributed by atoms with Gasteiger partial charge in [-0.2, -0.15) is 0 Å². The molecule has 0 radical (unpaired) electrons. The lowest BCUT2D eigenvalue weighted by Crippen LogP contribution is -2.40.